The summed E-state index contributed by atoms with van der Waals surface area (Å²) < 4.78 is 13.1. The predicted octanol–water partition coefficient (Wildman–Crippen LogP) is 9.48. The summed E-state index contributed by atoms with van der Waals surface area (Å²) in [6.45, 7) is 5.19. The van der Waals surface area contributed by atoms with Gasteiger partial charge >= 0.3 is 12.1 Å². The summed E-state index contributed by atoms with van der Waals surface area (Å²) in [5, 5.41) is 21.9. The molecule has 3 amide bonds. The maximum absolute atomic E-state index is 15.3. The lowest BCUT2D eigenvalue weighted by Gasteiger charge is -2.56. The van der Waals surface area contributed by atoms with E-state index in [2.05, 4.69) is 36.2 Å². The van der Waals surface area contributed by atoms with Crippen LogP contribution >= 0.6 is 47.1 Å². The van der Waals surface area contributed by atoms with Crippen molar-refractivity contribution < 1.29 is 33.5 Å². The lowest BCUT2D eigenvalue weighted by atomic mass is 9.80. The zero-order valence-corrected chi connectivity index (χ0v) is 41.5. The first-order chi connectivity index (χ1) is 34.4. The Balaban J connectivity index is 1.12. The van der Waals surface area contributed by atoms with Crippen molar-refractivity contribution in [3.63, 3.8) is 0 Å². The number of amides is 3. The summed E-state index contributed by atoms with van der Waals surface area (Å²) in [7, 11) is 0. The van der Waals surface area contributed by atoms with E-state index < -0.39 is 51.4 Å². The molecule has 2 aromatic heterocycles. The van der Waals surface area contributed by atoms with Crippen LogP contribution < -0.4 is 10.6 Å². The van der Waals surface area contributed by atoms with E-state index in [-0.39, 0.29) is 28.0 Å². The fourth-order valence-corrected chi connectivity index (χ4v) is 11.8. The third-order valence-corrected chi connectivity index (χ3v) is 14.8. The van der Waals surface area contributed by atoms with Gasteiger partial charge in [-0.05, 0) is 31.9 Å². The lowest BCUT2D eigenvalue weighted by Crippen LogP contribution is -2.78. The van der Waals surface area contributed by atoms with Crippen molar-refractivity contribution in [2.45, 2.75) is 48.3 Å². The number of nitrogens with one attached hydrogen (secondary N) is 3. The van der Waals surface area contributed by atoms with Crippen LogP contribution in [0.2, 0.25) is 0 Å². The van der Waals surface area contributed by atoms with Gasteiger partial charge in [-0.15, -0.1) is 23.1 Å². The summed E-state index contributed by atoms with van der Waals surface area (Å²) in [6, 6.07) is 46.9. The molecular weight excluding hydrogens is 977 g/mol. The molecule has 3 N–H and O–H groups in total. The number of thiocarbonyl (C=S) groups is 1. The van der Waals surface area contributed by atoms with Gasteiger partial charge < -0.3 is 19.6 Å². The lowest BCUT2D eigenvalue weighted by molar-refractivity contribution is -0.155. The van der Waals surface area contributed by atoms with Crippen LogP contribution in [0.3, 0.4) is 0 Å². The number of benzene rings is 5. The summed E-state index contributed by atoms with van der Waals surface area (Å²) in [6.07, 6.45) is -0.143. The van der Waals surface area contributed by atoms with E-state index in [0.29, 0.717) is 39.1 Å². The van der Waals surface area contributed by atoms with Gasteiger partial charge in [-0.3, -0.25) is 19.8 Å². The number of β-lactam (4-membered cyclic amide) rings is 1. The normalized spacial score (nSPS) is 16.9. The number of esters is 1. The second-order valence-electron chi connectivity index (χ2n) is 17.0. The summed E-state index contributed by atoms with van der Waals surface area (Å²) in [5.74, 6) is -2.18. The number of nitrogens with zero attached hydrogens (tertiary/aromatic N) is 5. The number of thioether (sulfide) groups is 2. The first-order valence-electron chi connectivity index (χ1n) is 22.1. The van der Waals surface area contributed by atoms with Crippen LogP contribution in [-0.4, -0.2) is 81.2 Å². The Hall–Kier alpha value is -7.45. The van der Waals surface area contributed by atoms with E-state index in [4.69, 9.17) is 26.5 Å². The zero-order chi connectivity index (χ0) is 49.6. The summed E-state index contributed by atoms with van der Waals surface area (Å²) in [4.78, 5) is 69.1. The van der Waals surface area contributed by atoms with Crippen LogP contribution in [0.15, 0.2) is 174 Å². The molecule has 7 aromatic rings. The van der Waals surface area contributed by atoms with Crippen molar-refractivity contribution in [3.05, 3.63) is 208 Å². The van der Waals surface area contributed by atoms with Crippen molar-refractivity contribution in [3.8, 4) is 0 Å². The molecule has 2 aliphatic rings. The van der Waals surface area contributed by atoms with Gasteiger partial charge in [0, 0.05) is 38.1 Å². The molecular formula is C52H44N8O7S4. The van der Waals surface area contributed by atoms with Gasteiger partial charge in [-0.2, -0.15) is 15.4 Å². The monoisotopic (exact) mass is 1020 g/mol. The number of oxime groups is 1. The molecule has 0 radical (unpaired) electrons. The molecule has 5 aromatic carbocycles. The van der Waals surface area contributed by atoms with E-state index >= 15 is 9.59 Å². The number of aromatic amines is 1. The topological polar surface area (TPSA) is 190 Å². The van der Waals surface area contributed by atoms with Crippen LogP contribution in [0.4, 0.5) is 9.93 Å². The molecule has 0 saturated carbocycles. The minimum Gasteiger partial charge on any atom is -0.448 e. The molecule has 0 spiro atoms. The number of hydrogen-bond acceptors (Lipinski definition) is 15. The Kier molecular flexibility index (Phi) is 14.3. The molecule has 0 unspecified atom stereocenters. The summed E-state index contributed by atoms with van der Waals surface area (Å²) >= 11 is 8.61. The Labute approximate surface area is 426 Å². The highest BCUT2D eigenvalue weighted by Crippen LogP contribution is 2.53. The van der Waals surface area contributed by atoms with Crippen molar-refractivity contribution in [1.82, 2.24) is 30.6 Å². The maximum atomic E-state index is 15.3. The minimum absolute atomic E-state index is 0.00872. The predicted molar refractivity (Wildman–Crippen MR) is 278 cm³/mol. The third kappa shape index (κ3) is 9.98. The molecule has 2 aliphatic heterocycles. The highest BCUT2D eigenvalue weighted by Gasteiger charge is 2.66. The van der Waals surface area contributed by atoms with Gasteiger partial charge in [0.05, 0.1) is 6.20 Å². The Morgan fingerprint density at radius 3 is 1.92 bits per heavy atom. The van der Waals surface area contributed by atoms with Crippen molar-refractivity contribution >= 4 is 92.1 Å². The van der Waals surface area contributed by atoms with Gasteiger partial charge in [0.25, 0.3) is 11.8 Å². The highest BCUT2D eigenvalue weighted by atomic mass is 32.2. The van der Waals surface area contributed by atoms with Crippen LogP contribution in [0.1, 0.15) is 66.1 Å². The van der Waals surface area contributed by atoms with E-state index in [1.807, 2.05) is 152 Å². The molecule has 2 atom stereocenters. The smallest absolute Gasteiger partial charge is 0.413 e. The molecule has 71 heavy (non-hydrogen) atoms. The van der Waals surface area contributed by atoms with Crippen LogP contribution in [0.5, 0.6) is 0 Å². The molecule has 0 bridgehead atoms. The molecule has 9 rings (SSSR count). The van der Waals surface area contributed by atoms with Crippen molar-refractivity contribution in [1.29, 1.82) is 0 Å². The molecule has 1 saturated heterocycles. The van der Waals surface area contributed by atoms with E-state index in [0.717, 1.165) is 23.1 Å². The first kappa shape index (κ1) is 48.6. The average Bonchev–Trinajstić information content (AvgIpc) is 4.10. The molecule has 0 aliphatic carbocycles. The van der Waals surface area contributed by atoms with E-state index in [1.165, 1.54) is 32.9 Å². The fraction of sp³-hybridized carbons (Fsp3) is 0.173. The van der Waals surface area contributed by atoms with Crippen LogP contribution in [0, 0.1) is 0 Å². The highest BCUT2D eigenvalue weighted by molar-refractivity contribution is 8.22. The Morgan fingerprint density at radius 1 is 0.859 bits per heavy atom. The van der Waals surface area contributed by atoms with Crippen molar-refractivity contribution in [2.75, 3.05) is 11.1 Å². The number of aromatic nitrogens is 4. The number of hydrogen-bond donors (Lipinski definition) is 3. The van der Waals surface area contributed by atoms with Gasteiger partial charge in [-0.1, -0.05) is 181 Å². The molecule has 4 heterocycles. The molecule has 15 nitrogen and oxygen atoms in total. The average molecular weight is 1020 g/mol. The number of anilines is 1. The largest absolute Gasteiger partial charge is 0.448 e. The third-order valence-electron chi connectivity index (χ3n) is 11.3. The molecule has 1 fully saturated rings. The van der Waals surface area contributed by atoms with Gasteiger partial charge in [0.15, 0.2) is 16.9 Å². The second-order valence-corrected chi connectivity index (χ2v) is 20.6. The van der Waals surface area contributed by atoms with Gasteiger partial charge in [0.1, 0.15) is 28.1 Å². The van der Waals surface area contributed by atoms with Crippen molar-refractivity contribution in [2.24, 2.45) is 5.16 Å². The second kappa shape index (κ2) is 20.9. The first-order valence-corrected chi connectivity index (χ1v) is 25.4. The number of ether oxygens (including phenoxy) is 2. The number of fused-ring (bicyclic) bond motifs is 1. The molecule has 358 valence electrons. The number of thiazole rings is 1. The standard InChI is InChI=1S/C52H44N8O7S4/c1-50(2,3)66-49(64)55-48-54-40(31-70-48)41(58-67-51(35-23-13-6-14-24-35,36-25-15-7-16-26-36)37-27-17-8-18-28-37)44(61)56-52(71-32-68)46(63)60-42(38(30-69-47(52)60)39-29-53-59-57-39)45(62)65-43(33-19-9-4-10-20-33)34-21-11-5-12-22-34/h4-29,31-32,43,47H,30H2,1-3H3,(H,56,61)(H,53,57,59)(H,54,55,64)/t47-,52-/m0/s1. The zero-order valence-electron chi connectivity index (χ0n) is 38.3. The van der Waals surface area contributed by atoms with Crippen LogP contribution in [-0.2, 0) is 34.3 Å². The minimum atomic E-state index is -1.79. The van der Waals surface area contributed by atoms with E-state index in [9.17, 15) is 9.59 Å². The number of carbonyl (C=O) groups excluding carboxylic acids is 4. The molecule has 19 heteroatoms. The number of H-pyrrole nitrogens is 1. The number of rotatable bonds is 16. The van der Waals surface area contributed by atoms with Gasteiger partial charge in [-0.25, -0.2) is 14.6 Å². The SMILES string of the molecule is CC(C)(C)OC(=O)Nc1nc(C(=NOC(c2ccccc2)(c2ccccc2)c2ccccc2)C(=O)N[C@]2(SC=S)C(=O)N3C(C(=O)OC(c4ccccc4)c4ccccc4)=C(c4cn[nH]n4)CS[C@H]32)cs1. The van der Waals surface area contributed by atoms with Crippen LogP contribution in [0.25, 0.3) is 5.57 Å². The quantitative estimate of drug-likeness (QED) is 0.0158. The maximum Gasteiger partial charge on any atom is 0.413 e. The number of carbonyl (C=O) groups is 4. The Morgan fingerprint density at radius 2 is 1.41 bits per heavy atom. The Bertz CT molecular complexity index is 2970. The summed E-state index contributed by atoms with van der Waals surface area (Å²) in [5.41, 5.74) is 1.60. The van der Waals surface area contributed by atoms with Gasteiger partial charge in [0.2, 0.25) is 10.5 Å². The van der Waals surface area contributed by atoms with E-state index in [1.54, 1.807) is 20.8 Å². The fourth-order valence-electron chi connectivity index (χ4n) is 8.19.